The zero-order valence-electron chi connectivity index (χ0n) is 9.32. The minimum atomic E-state index is -0.802. The Morgan fingerprint density at radius 1 is 1.40 bits per heavy atom. The van der Waals surface area contributed by atoms with E-state index in [1.165, 1.54) is 0 Å². The average molecular weight is 213 g/mol. The van der Waals surface area contributed by atoms with Gasteiger partial charge in [-0.1, -0.05) is 13.8 Å². The first-order valence-corrected chi connectivity index (χ1v) is 5.53. The van der Waals surface area contributed by atoms with E-state index in [1.807, 2.05) is 13.8 Å². The molecule has 1 aliphatic carbocycles. The third-order valence-corrected chi connectivity index (χ3v) is 2.75. The molecule has 0 saturated heterocycles. The summed E-state index contributed by atoms with van der Waals surface area (Å²) in [4.78, 5) is 22.2. The summed E-state index contributed by atoms with van der Waals surface area (Å²) >= 11 is 0. The lowest BCUT2D eigenvalue weighted by Crippen LogP contribution is -2.27. The summed E-state index contributed by atoms with van der Waals surface area (Å²) in [7, 11) is 0. The molecule has 4 heteroatoms. The second-order valence-electron chi connectivity index (χ2n) is 4.57. The highest BCUT2D eigenvalue weighted by atomic mass is 16.4. The van der Waals surface area contributed by atoms with Crippen molar-refractivity contribution in [2.24, 2.45) is 11.8 Å². The number of hydrogen-bond donors (Lipinski definition) is 2. The van der Waals surface area contributed by atoms with Crippen LogP contribution in [0.5, 0.6) is 0 Å². The fourth-order valence-electron chi connectivity index (χ4n) is 1.56. The van der Waals surface area contributed by atoms with E-state index < -0.39 is 11.9 Å². The van der Waals surface area contributed by atoms with Crippen LogP contribution in [0.15, 0.2) is 0 Å². The van der Waals surface area contributed by atoms with E-state index in [1.54, 1.807) is 0 Å². The molecule has 1 atom stereocenters. The van der Waals surface area contributed by atoms with Crippen molar-refractivity contribution >= 4 is 11.9 Å². The van der Waals surface area contributed by atoms with Crippen LogP contribution in [0.25, 0.3) is 0 Å². The van der Waals surface area contributed by atoms with E-state index in [-0.39, 0.29) is 11.8 Å². The SMILES string of the molecule is CC(C)C(CCC(=O)NC1CC1)C(=O)O. The van der Waals surface area contributed by atoms with Crippen molar-refractivity contribution < 1.29 is 14.7 Å². The Morgan fingerprint density at radius 3 is 2.40 bits per heavy atom. The summed E-state index contributed by atoms with van der Waals surface area (Å²) in [5.74, 6) is -1.14. The normalized spacial score (nSPS) is 17.5. The highest BCUT2D eigenvalue weighted by molar-refractivity contribution is 5.77. The van der Waals surface area contributed by atoms with Crippen LogP contribution in [0.3, 0.4) is 0 Å². The van der Waals surface area contributed by atoms with Crippen molar-refractivity contribution in [3.05, 3.63) is 0 Å². The van der Waals surface area contributed by atoms with Crippen LogP contribution in [0, 0.1) is 11.8 Å². The molecule has 0 heterocycles. The van der Waals surface area contributed by atoms with Crippen molar-refractivity contribution in [2.45, 2.75) is 45.6 Å². The molecular weight excluding hydrogens is 194 g/mol. The molecule has 2 N–H and O–H groups in total. The number of nitrogens with one attached hydrogen (secondary N) is 1. The van der Waals surface area contributed by atoms with Gasteiger partial charge in [-0.05, 0) is 25.2 Å². The predicted octanol–water partition coefficient (Wildman–Crippen LogP) is 1.40. The molecule has 0 spiro atoms. The van der Waals surface area contributed by atoms with Gasteiger partial charge in [0.1, 0.15) is 0 Å². The van der Waals surface area contributed by atoms with Gasteiger partial charge < -0.3 is 10.4 Å². The maximum Gasteiger partial charge on any atom is 0.306 e. The van der Waals surface area contributed by atoms with Gasteiger partial charge in [0.15, 0.2) is 0 Å². The molecule has 0 bridgehead atoms. The van der Waals surface area contributed by atoms with Gasteiger partial charge in [0.2, 0.25) is 5.91 Å². The molecule has 1 saturated carbocycles. The van der Waals surface area contributed by atoms with E-state index in [4.69, 9.17) is 5.11 Å². The molecular formula is C11H19NO3. The van der Waals surface area contributed by atoms with Gasteiger partial charge in [0.05, 0.1) is 5.92 Å². The maximum absolute atomic E-state index is 11.3. The molecule has 4 nitrogen and oxygen atoms in total. The number of rotatable bonds is 6. The first kappa shape index (κ1) is 12.0. The fraction of sp³-hybridized carbons (Fsp3) is 0.818. The number of amides is 1. The van der Waals surface area contributed by atoms with Crippen molar-refractivity contribution in [1.82, 2.24) is 5.32 Å². The largest absolute Gasteiger partial charge is 0.481 e. The van der Waals surface area contributed by atoms with Gasteiger partial charge in [-0.3, -0.25) is 9.59 Å². The molecule has 1 unspecified atom stereocenters. The Kier molecular flexibility index (Phi) is 4.12. The first-order valence-electron chi connectivity index (χ1n) is 5.53. The lowest BCUT2D eigenvalue weighted by molar-refractivity contribution is -0.143. The van der Waals surface area contributed by atoms with Crippen LogP contribution in [-0.4, -0.2) is 23.0 Å². The lowest BCUT2D eigenvalue weighted by atomic mass is 9.91. The van der Waals surface area contributed by atoms with Crippen LogP contribution in [0.1, 0.15) is 39.5 Å². The number of carboxylic acids is 1. The van der Waals surface area contributed by atoms with Crippen molar-refractivity contribution in [3.8, 4) is 0 Å². The molecule has 1 fully saturated rings. The summed E-state index contributed by atoms with van der Waals surface area (Å²) in [5.41, 5.74) is 0. The van der Waals surface area contributed by atoms with Crippen LogP contribution in [0.4, 0.5) is 0 Å². The Morgan fingerprint density at radius 2 is 2.00 bits per heavy atom. The smallest absolute Gasteiger partial charge is 0.306 e. The lowest BCUT2D eigenvalue weighted by Gasteiger charge is -2.15. The molecule has 86 valence electrons. The zero-order valence-corrected chi connectivity index (χ0v) is 9.32. The third-order valence-electron chi connectivity index (χ3n) is 2.75. The average Bonchev–Trinajstić information content (AvgIpc) is 2.86. The maximum atomic E-state index is 11.3. The number of carboxylic acid groups (broad SMARTS) is 1. The van der Waals surface area contributed by atoms with E-state index in [0.717, 1.165) is 12.8 Å². The van der Waals surface area contributed by atoms with Gasteiger partial charge in [-0.15, -0.1) is 0 Å². The number of aliphatic carboxylic acids is 1. The molecule has 0 aromatic heterocycles. The Bertz CT molecular complexity index is 246. The zero-order chi connectivity index (χ0) is 11.4. The summed E-state index contributed by atoms with van der Waals surface area (Å²) in [6, 6.07) is 0.361. The molecule has 15 heavy (non-hydrogen) atoms. The molecule has 0 radical (unpaired) electrons. The minimum absolute atomic E-state index is 0.00981. The highest BCUT2D eigenvalue weighted by Crippen LogP contribution is 2.20. The van der Waals surface area contributed by atoms with Gasteiger partial charge in [-0.2, -0.15) is 0 Å². The van der Waals surface area contributed by atoms with E-state index >= 15 is 0 Å². The summed E-state index contributed by atoms with van der Waals surface area (Å²) in [5, 5.41) is 11.8. The molecule has 1 aliphatic rings. The Hall–Kier alpha value is -1.06. The highest BCUT2D eigenvalue weighted by Gasteiger charge is 2.25. The monoisotopic (exact) mass is 213 g/mol. The second kappa shape index (κ2) is 5.14. The topological polar surface area (TPSA) is 66.4 Å². The van der Waals surface area contributed by atoms with Gasteiger partial charge in [0, 0.05) is 12.5 Å². The number of carbonyl (C=O) groups is 2. The van der Waals surface area contributed by atoms with Gasteiger partial charge in [0.25, 0.3) is 0 Å². The molecule has 0 aromatic carbocycles. The summed E-state index contributed by atoms with van der Waals surface area (Å²) in [6.07, 6.45) is 2.90. The van der Waals surface area contributed by atoms with Gasteiger partial charge >= 0.3 is 5.97 Å². The standard InChI is InChI=1S/C11H19NO3/c1-7(2)9(11(14)15)5-6-10(13)12-8-3-4-8/h7-9H,3-6H2,1-2H3,(H,12,13)(H,14,15). The van der Waals surface area contributed by atoms with Crippen molar-refractivity contribution in [2.75, 3.05) is 0 Å². The molecule has 0 aliphatic heterocycles. The molecule has 1 amide bonds. The van der Waals surface area contributed by atoms with Crippen molar-refractivity contribution in [3.63, 3.8) is 0 Å². The Labute approximate surface area is 90.0 Å². The van der Waals surface area contributed by atoms with Crippen molar-refractivity contribution in [1.29, 1.82) is 0 Å². The Balaban J connectivity index is 2.25. The van der Waals surface area contributed by atoms with Crippen LogP contribution < -0.4 is 5.32 Å². The minimum Gasteiger partial charge on any atom is -0.481 e. The number of carbonyl (C=O) groups excluding carboxylic acids is 1. The summed E-state index contributed by atoms with van der Waals surface area (Å²) < 4.78 is 0. The van der Waals surface area contributed by atoms with E-state index in [2.05, 4.69) is 5.32 Å². The first-order chi connectivity index (χ1) is 7.00. The van der Waals surface area contributed by atoms with Gasteiger partial charge in [-0.25, -0.2) is 0 Å². The van der Waals surface area contributed by atoms with Crippen LogP contribution >= 0.6 is 0 Å². The predicted molar refractivity (Wildman–Crippen MR) is 56.4 cm³/mol. The van der Waals surface area contributed by atoms with E-state index in [9.17, 15) is 9.59 Å². The van der Waals surface area contributed by atoms with E-state index in [0.29, 0.717) is 18.9 Å². The van der Waals surface area contributed by atoms with Crippen LogP contribution in [0.2, 0.25) is 0 Å². The summed E-state index contributed by atoms with van der Waals surface area (Å²) in [6.45, 7) is 3.75. The second-order valence-corrected chi connectivity index (χ2v) is 4.57. The number of hydrogen-bond acceptors (Lipinski definition) is 2. The third kappa shape index (κ3) is 4.32. The molecule has 0 aromatic rings. The molecule has 1 rings (SSSR count). The fourth-order valence-corrected chi connectivity index (χ4v) is 1.56. The van der Waals surface area contributed by atoms with Crippen LogP contribution in [-0.2, 0) is 9.59 Å². The quantitative estimate of drug-likeness (QED) is 0.701.